The number of amides is 1. The Morgan fingerprint density at radius 2 is 2.15 bits per heavy atom. The highest BCUT2D eigenvalue weighted by atomic mass is 16.5. The summed E-state index contributed by atoms with van der Waals surface area (Å²) in [6.07, 6.45) is 3.65. The summed E-state index contributed by atoms with van der Waals surface area (Å²) in [6, 6.07) is 7.99. The zero-order valence-electron chi connectivity index (χ0n) is 15.6. The summed E-state index contributed by atoms with van der Waals surface area (Å²) in [5, 5.41) is 13.4. The largest absolute Gasteiger partial charge is 0.484 e. The molecule has 27 heavy (non-hydrogen) atoms. The molecular formula is C18H25N7O2. The van der Waals surface area contributed by atoms with Gasteiger partial charge in [0.15, 0.2) is 12.6 Å². The summed E-state index contributed by atoms with van der Waals surface area (Å²) in [6.45, 7) is 1.13. The van der Waals surface area contributed by atoms with Gasteiger partial charge in [0.05, 0.1) is 6.54 Å². The SMILES string of the molecule is CN=C(NCc1cccc(OCC(=O)NC2CC2)c1)NCc1ncnn1C. The summed E-state index contributed by atoms with van der Waals surface area (Å²) in [5.74, 6) is 2.07. The van der Waals surface area contributed by atoms with Crippen LogP contribution >= 0.6 is 0 Å². The first kappa shape index (κ1) is 18.7. The summed E-state index contributed by atoms with van der Waals surface area (Å²) < 4.78 is 7.29. The molecule has 0 bridgehead atoms. The van der Waals surface area contributed by atoms with E-state index < -0.39 is 0 Å². The summed E-state index contributed by atoms with van der Waals surface area (Å²) >= 11 is 0. The van der Waals surface area contributed by atoms with E-state index in [0.717, 1.165) is 24.2 Å². The lowest BCUT2D eigenvalue weighted by atomic mass is 10.2. The molecule has 3 N–H and O–H groups in total. The topological polar surface area (TPSA) is 105 Å². The Hall–Kier alpha value is -3.10. The van der Waals surface area contributed by atoms with E-state index >= 15 is 0 Å². The van der Waals surface area contributed by atoms with Gasteiger partial charge in [-0.15, -0.1) is 0 Å². The van der Waals surface area contributed by atoms with Crippen LogP contribution in [0.3, 0.4) is 0 Å². The predicted octanol–water partition coefficient (Wildman–Crippen LogP) is 0.338. The third-order valence-corrected chi connectivity index (χ3v) is 4.11. The van der Waals surface area contributed by atoms with Crippen LogP contribution < -0.4 is 20.7 Å². The fourth-order valence-electron chi connectivity index (χ4n) is 2.44. The van der Waals surface area contributed by atoms with Crippen molar-refractivity contribution in [1.29, 1.82) is 0 Å². The van der Waals surface area contributed by atoms with Crippen molar-refractivity contribution < 1.29 is 9.53 Å². The molecule has 1 saturated carbocycles. The van der Waals surface area contributed by atoms with Crippen LogP contribution in [0.15, 0.2) is 35.6 Å². The first-order chi connectivity index (χ1) is 13.1. The number of carbonyl (C=O) groups excluding carboxylic acids is 1. The second kappa shape index (κ2) is 9.02. The van der Waals surface area contributed by atoms with Crippen molar-refractivity contribution in [3.05, 3.63) is 42.0 Å². The highest BCUT2D eigenvalue weighted by Crippen LogP contribution is 2.18. The smallest absolute Gasteiger partial charge is 0.258 e. The third kappa shape index (κ3) is 5.98. The van der Waals surface area contributed by atoms with Gasteiger partial charge >= 0.3 is 0 Å². The molecule has 1 aromatic heterocycles. The fraction of sp³-hybridized carbons (Fsp3) is 0.444. The van der Waals surface area contributed by atoms with Gasteiger partial charge in [-0.2, -0.15) is 5.10 Å². The number of nitrogens with zero attached hydrogens (tertiary/aromatic N) is 4. The molecule has 0 radical (unpaired) electrons. The maximum absolute atomic E-state index is 11.7. The van der Waals surface area contributed by atoms with Gasteiger partial charge in [-0.25, -0.2) is 4.98 Å². The Balaban J connectivity index is 1.45. The Kier molecular flexibility index (Phi) is 6.24. The molecule has 1 aliphatic rings. The lowest BCUT2D eigenvalue weighted by molar-refractivity contribution is -0.123. The molecule has 0 atom stereocenters. The van der Waals surface area contributed by atoms with E-state index in [9.17, 15) is 4.79 Å². The minimum Gasteiger partial charge on any atom is -0.484 e. The zero-order chi connectivity index (χ0) is 19.1. The molecule has 1 aliphatic carbocycles. The Labute approximate surface area is 158 Å². The van der Waals surface area contributed by atoms with Crippen LogP contribution in [-0.2, 0) is 24.9 Å². The van der Waals surface area contributed by atoms with E-state index in [1.807, 2.05) is 31.3 Å². The van der Waals surface area contributed by atoms with Crippen molar-refractivity contribution in [3.8, 4) is 5.75 Å². The van der Waals surface area contributed by atoms with Gasteiger partial charge in [-0.1, -0.05) is 12.1 Å². The van der Waals surface area contributed by atoms with Crippen molar-refractivity contribution in [2.75, 3.05) is 13.7 Å². The predicted molar refractivity (Wildman–Crippen MR) is 101 cm³/mol. The van der Waals surface area contributed by atoms with E-state index in [-0.39, 0.29) is 12.5 Å². The van der Waals surface area contributed by atoms with Gasteiger partial charge in [-0.3, -0.25) is 14.5 Å². The minimum atomic E-state index is -0.0746. The molecule has 2 aromatic rings. The number of nitrogens with one attached hydrogen (secondary N) is 3. The van der Waals surface area contributed by atoms with Crippen molar-refractivity contribution in [2.45, 2.75) is 32.0 Å². The number of ether oxygens (including phenoxy) is 1. The number of hydrogen-bond donors (Lipinski definition) is 3. The summed E-state index contributed by atoms with van der Waals surface area (Å²) in [5.41, 5.74) is 1.02. The molecule has 1 fully saturated rings. The van der Waals surface area contributed by atoms with Gasteiger partial charge in [0, 0.05) is 26.7 Å². The second-order valence-electron chi connectivity index (χ2n) is 6.36. The number of guanidine groups is 1. The van der Waals surface area contributed by atoms with Crippen molar-refractivity contribution in [1.82, 2.24) is 30.7 Å². The van der Waals surface area contributed by atoms with Gasteiger partial charge < -0.3 is 20.7 Å². The van der Waals surface area contributed by atoms with Gasteiger partial charge in [-0.05, 0) is 30.5 Å². The lowest BCUT2D eigenvalue weighted by Gasteiger charge is -2.12. The number of rotatable bonds is 8. The number of aromatic nitrogens is 3. The first-order valence-electron chi connectivity index (χ1n) is 8.92. The molecule has 0 saturated heterocycles. The molecule has 1 heterocycles. The minimum absolute atomic E-state index is 0.0360. The second-order valence-corrected chi connectivity index (χ2v) is 6.36. The van der Waals surface area contributed by atoms with E-state index in [1.165, 1.54) is 6.33 Å². The maximum atomic E-state index is 11.7. The highest BCUT2D eigenvalue weighted by Gasteiger charge is 2.23. The Bertz CT molecular complexity index is 799. The normalized spacial score (nSPS) is 13.9. The maximum Gasteiger partial charge on any atom is 0.258 e. The van der Waals surface area contributed by atoms with Crippen LogP contribution in [0.25, 0.3) is 0 Å². The fourth-order valence-corrected chi connectivity index (χ4v) is 2.44. The third-order valence-electron chi connectivity index (χ3n) is 4.11. The van der Waals surface area contributed by atoms with E-state index in [0.29, 0.717) is 30.8 Å². The molecule has 9 nitrogen and oxygen atoms in total. The monoisotopic (exact) mass is 371 g/mol. The van der Waals surface area contributed by atoms with Crippen LogP contribution in [0.1, 0.15) is 24.2 Å². The number of carbonyl (C=O) groups is 1. The van der Waals surface area contributed by atoms with Gasteiger partial charge in [0.2, 0.25) is 0 Å². The van der Waals surface area contributed by atoms with Crippen LogP contribution in [0.5, 0.6) is 5.75 Å². The van der Waals surface area contributed by atoms with Crippen LogP contribution in [0, 0.1) is 0 Å². The number of aryl methyl sites for hydroxylation is 1. The Morgan fingerprint density at radius 3 is 2.85 bits per heavy atom. The van der Waals surface area contributed by atoms with Crippen LogP contribution in [0.4, 0.5) is 0 Å². The summed E-state index contributed by atoms with van der Waals surface area (Å²) in [7, 11) is 3.56. The number of hydrogen-bond acceptors (Lipinski definition) is 5. The molecule has 1 amide bonds. The zero-order valence-corrected chi connectivity index (χ0v) is 15.6. The number of benzene rings is 1. The van der Waals surface area contributed by atoms with E-state index in [4.69, 9.17) is 4.74 Å². The standard InChI is InChI=1S/C18H25N7O2/c1-19-18(21-10-16-22-12-23-25(16)2)20-9-13-4-3-5-15(8-13)27-11-17(26)24-14-6-7-14/h3-5,8,12,14H,6-7,9-11H2,1-2H3,(H,24,26)(H2,19,20,21). The van der Waals surface area contributed by atoms with Gasteiger partial charge in [0.1, 0.15) is 17.9 Å². The van der Waals surface area contributed by atoms with Crippen LogP contribution in [0.2, 0.25) is 0 Å². The molecule has 0 spiro atoms. The molecular weight excluding hydrogens is 346 g/mol. The van der Waals surface area contributed by atoms with Crippen molar-refractivity contribution >= 4 is 11.9 Å². The number of aliphatic imine (C=N–C) groups is 1. The summed E-state index contributed by atoms with van der Waals surface area (Å²) in [4.78, 5) is 20.1. The first-order valence-corrected chi connectivity index (χ1v) is 8.92. The highest BCUT2D eigenvalue weighted by molar-refractivity contribution is 5.79. The van der Waals surface area contributed by atoms with Crippen LogP contribution in [-0.4, -0.2) is 46.3 Å². The molecule has 144 valence electrons. The Morgan fingerprint density at radius 1 is 1.33 bits per heavy atom. The molecule has 9 heteroatoms. The van der Waals surface area contributed by atoms with E-state index in [1.54, 1.807) is 11.7 Å². The molecule has 3 rings (SSSR count). The molecule has 1 aromatic carbocycles. The van der Waals surface area contributed by atoms with Crippen molar-refractivity contribution in [3.63, 3.8) is 0 Å². The lowest BCUT2D eigenvalue weighted by Crippen LogP contribution is -2.36. The average Bonchev–Trinajstić information content (AvgIpc) is 3.39. The molecule has 0 aliphatic heterocycles. The molecule has 0 unspecified atom stereocenters. The quantitative estimate of drug-likeness (QED) is 0.456. The van der Waals surface area contributed by atoms with Crippen molar-refractivity contribution in [2.24, 2.45) is 12.0 Å². The van der Waals surface area contributed by atoms with E-state index in [2.05, 4.69) is 31.0 Å². The average molecular weight is 371 g/mol. The van der Waals surface area contributed by atoms with Gasteiger partial charge in [0.25, 0.3) is 5.91 Å².